The van der Waals surface area contributed by atoms with Gasteiger partial charge < -0.3 is 14.8 Å². The molecule has 2 aromatic rings. The van der Waals surface area contributed by atoms with Crippen LogP contribution >= 0.6 is 11.6 Å². The summed E-state index contributed by atoms with van der Waals surface area (Å²) in [7, 11) is 0. The quantitative estimate of drug-likeness (QED) is 0.904. The van der Waals surface area contributed by atoms with Gasteiger partial charge in [0.1, 0.15) is 11.5 Å². The first-order valence-corrected chi connectivity index (χ1v) is 8.48. The van der Waals surface area contributed by atoms with Crippen LogP contribution in [0.2, 0.25) is 5.02 Å². The summed E-state index contributed by atoms with van der Waals surface area (Å²) in [5.41, 5.74) is 1.26. The smallest absolute Gasteiger partial charge is 0.292 e. The Morgan fingerprint density at radius 2 is 2.00 bits per heavy atom. The third-order valence-electron chi connectivity index (χ3n) is 5.33. The molecule has 1 saturated carbocycles. The SMILES string of the molecule is CC1(c2ccc(Cl)cn2)Oc2ccc(F)c([C@@H]3[C@@H]4CNC[C@@H]43)c2O1. The van der Waals surface area contributed by atoms with Gasteiger partial charge in [0.15, 0.2) is 11.5 Å². The largest absolute Gasteiger partial charge is 0.443 e. The fraction of sp³-hybridized carbons (Fsp3) is 0.389. The van der Waals surface area contributed by atoms with Crippen LogP contribution < -0.4 is 14.8 Å². The first-order chi connectivity index (χ1) is 11.6. The van der Waals surface area contributed by atoms with Gasteiger partial charge in [0.05, 0.1) is 5.02 Å². The Balaban J connectivity index is 1.54. The molecule has 2 fully saturated rings. The fourth-order valence-corrected chi connectivity index (χ4v) is 4.18. The molecule has 1 N–H and O–H groups in total. The van der Waals surface area contributed by atoms with Gasteiger partial charge in [-0.05, 0) is 55.1 Å². The normalized spacial score (nSPS) is 32.7. The van der Waals surface area contributed by atoms with Gasteiger partial charge in [-0.15, -0.1) is 0 Å². The highest BCUT2D eigenvalue weighted by Crippen LogP contribution is 2.61. The molecule has 2 aliphatic heterocycles. The van der Waals surface area contributed by atoms with Crippen molar-refractivity contribution < 1.29 is 13.9 Å². The first-order valence-electron chi connectivity index (χ1n) is 8.10. The topological polar surface area (TPSA) is 43.4 Å². The van der Waals surface area contributed by atoms with Crippen LogP contribution in [0.15, 0.2) is 30.5 Å². The third-order valence-corrected chi connectivity index (χ3v) is 5.55. The van der Waals surface area contributed by atoms with Crippen LogP contribution in [0.5, 0.6) is 11.5 Å². The number of halogens is 2. The molecule has 3 heterocycles. The lowest BCUT2D eigenvalue weighted by Crippen LogP contribution is -2.32. The number of hydrogen-bond donors (Lipinski definition) is 1. The van der Waals surface area contributed by atoms with E-state index in [9.17, 15) is 4.39 Å². The predicted molar refractivity (Wildman–Crippen MR) is 86.8 cm³/mol. The molecule has 5 rings (SSSR count). The Bertz CT molecular complexity index is 819. The summed E-state index contributed by atoms with van der Waals surface area (Å²) in [5.74, 6) is 1.01. The van der Waals surface area contributed by atoms with Gasteiger partial charge in [-0.25, -0.2) is 4.39 Å². The van der Waals surface area contributed by atoms with Crippen LogP contribution in [0.25, 0.3) is 0 Å². The summed E-state index contributed by atoms with van der Waals surface area (Å²) in [5, 5.41) is 3.88. The van der Waals surface area contributed by atoms with Crippen molar-refractivity contribution in [3.05, 3.63) is 52.6 Å². The number of fused-ring (bicyclic) bond motifs is 2. The second-order valence-electron chi connectivity index (χ2n) is 6.81. The van der Waals surface area contributed by atoms with E-state index in [1.54, 1.807) is 31.3 Å². The number of ether oxygens (including phenoxy) is 2. The van der Waals surface area contributed by atoms with E-state index in [4.69, 9.17) is 21.1 Å². The third kappa shape index (κ3) is 1.98. The summed E-state index contributed by atoms with van der Waals surface area (Å²) in [6.07, 6.45) is 1.55. The molecule has 3 aliphatic rings. The van der Waals surface area contributed by atoms with Gasteiger partial charge in [0.2, 0.25) is 0 Å². The summed E-state index contributed by atoms with van der Waals surface area (Å²) >= 11 is 5.90. The minimum Gasteiger partial charge on any atom is -0.443 e. The predicted octanol–water partition coefficient (Wildman–Crippen LogP) is 3.45. The lowest BCUT2D eigenvalue weighted by Gasteiger charge is -2.22. The summed E-state index contributed by atoms with van der Waals surface area (Å²) in [6, 6.07) is 6.61. The molecule has 4 atom stereocenters. The maximum Gasteiger partial charge on any atom is 0.292 e. The Hall–Kier alpha value is -1.85. The second-order valence-corrected chi connectivity index (χ2v) is 7.25. The summed E-state index contributed by atoms with van der Waals surface area (Å²) in [4.78, 5) is 4.30. The molecule has 0 bridgehead atoms. The molecule has 1 aromatic heterocycles. The summed E-state index contributed by atoms with van der Waals surface area (Å²) in [6.45, 7) is 3.67. The molecule has 0 spiro atoms. The van der Waals surface area contributed by atoms with Crippen LogP contribution in [0, 0.1) is 17.7 Å². The molecule has 124 valence electrons. The Morgan fingerprint density at radius 1 is 1.21 bits per heavy atom. The fourth-order valence-electron chi connectivity index (χ4n) is 4.07. The van der Waals surface area contributed by atoms with Crippen molar-refractivity contribution in [1.82, 2.24) is 10.3 Å². The molecule has 0 radical (unpaired) electrons. The van der Waals surface area contributed by atoms with Crippen LogP contribution in [0.3, 0.4) is 0 Å². The van der Waals surface area contributed by atoms with E-state index >= 15 is 0 Å². The highest BCUT2D eigenvalue weighted by molar-refractivity contribution is 6.30. The number of nitrogens with one attached hydrogen (secondary N) is 1. The van der Waals surface area contributed by atoms with Gasteiger partial charge in [-0.3, -0.25) is 4.98 Å². The second kappa shape index (κ2) is 4.83. The van der Waals surface area contributed by atoms with Crippen LogP contribution in [-0.2, 0) is 5.79 Å². The zero-order valence-electron chi connectivity index (χ0n) is 13.1. The highest BCUT2D eigenvalue weighted by Gasteiger charge is 2.57. The first kappa shape index (κ1) is 14.5. The average molecular weight is 347 g/mol. The number of rotatable bonds is 2. The lowest BCUT2D eigenvalue weighted by atomic mass is 10.0. The lowest BCUT2D eigenvalue weighted by molar-refractivity contribution is -0.0721. The Kier molecular flexibility index (Phi) is 2.92. The standard InChI is InChI=1S/C18H16ClFN2O2/c1-18(14-5-2-9(19)6-22-14)23-13-4-3-12(20)16(17(13)24-18)15-10-7-21-8-11(10)15/h2-6,10-11,15,21H,7-8H2,1H3/t10-,11+,15-,18?. The maximum atomic E-state index is 14.6. The van der Waals surface area contributed by atoms with Gasteiger partial charge in [0.25, 0.3) is 5.79 Å². The van der Waals surface area contributed by atoms with Gasteiger partial charge in [-0.2, -0.15) is 0 Å². The van der Waals surface area contributed by atoms with E-state index in [2.05, 4.69) is 10.3 Å². The molecule has 1 aliphatic carbocycles. The van der Waals surface area contributed by atoms with Gasteiger partial charge >= 0.3 is 0 Å². The number of piperidine rings is 1. The molecule has 1 unspecified atom stereocenters. The zero-order chi connectivity index (χ0) is 16.5. The van der Waals surface area contributed by atoms with Gasteiger partial charge in [0, 0.05) is 18.7 Å². The van der Waals surface area contributed by atoms with Crippen molar-refractivity contribution in [2.45, 2.75) is 18.6 Å². The molecule has 0 amide bonds. The van der Waals surface area contributed by atoms with Crippen LogP contribution in [-0.4, -0.2) is 18.1 Å². The highest BCUT2D eigenvalue weighted by atomic mass is 35.5. The van der Waals surface area contributed by atoms with E-state index in [1.165, 1.54) is 6.07 Å². The van der Waals surface area contributed by atoms with Crippen molar-refractivity contribution in [2.24, 2.45) is 11.8 Å². The zero-order valence-corrected chi connectivity index (χ0v) is 13.8. The number of pyridine rings is 1. The minimum absolute atomic E-state index is 0.213. The number of hydrogen-bond acceptors (Lipinski definition) is 4. The van der Waals surface area contributed by atoms with Gasteiger partial charge in [-0.1, -0.05) is 11.6 Å². The monoisotopic (exact) mass is 346 g/mol. The molecule has 24 heavy (non-hydrogen) atoms. The van der Waals surface area contributed by atoms with Crippen molar-refractivity contribution in [1.29, 1.82) is 0 Å². The average Bonchev–Trinajstić information content (AvgIpc) is 2.92. The van der Waals surface area contributed by atoms with Crippen LogP contribution in [0.1, 0.15) is 24.1 Å². The summed E-state index contributed by atoms with van der Waals surface area (Å²) < 4.78 is 26.7. The van der Waals surface area contributed by atoms with E-state index < -0.39 is 5.79 Å². The molecular formula is C18H16ClFN2O2. The number of nitrogens with zero attached hydrogens (tertiary/aromatic N) is 1. The molecule has 1 saturated heterocycles. The Morgan fingerprint density at radius 3 is 2.71 bits per heavy atom. The molecule has 4 nitrogen and oxygen atoms in total. The van der Waals surface area contributed by atoms with Crippen molar-refractivity contribution in [3.63, 3.8) is 0 Å². The maximum absolute atomic E-state index is 14.6. The van der Waals surface area contributed by atoms with E-state index in [0.717, 1.165) is 13.1 Å². The van der Waals surface area contributed by atoms with Crippen molar-refractivity contribution in [3.8, 4) is 11.5 Å². The minimum atomic E-state index is -1.07. The van der Waals surface area contributed by atoms with Crippen LogP contribution in [0.4, 0.5) is 4.39 Å². The molecular weight excluding hydrogens is 331 g/mol. The van der Waals surface area contributed by atoms with E-state index in [0.29, 0.717) is 39.6 Å². The number of aromatic nitrogens is 1. The van der Waals surface area contributed by atoms with E-state index in [1.807, 2.05) is 0 Å². The van der Waals surface area contributed by atoms with E-state index in [-0.39, 0.29) is 11.7 Å². The van der Waals surface area contributed by atoms with Crippen molar-refractivity contribution >= 4 is 11.6 Å². The van der Waals surface area contributed by atoms with Crippen molar-refractivity contribution in [2.75, 3.05) is 13.1 Å². The Labute approximate surface area is 143 Å². The molecule has 1 aromatic carbocycles. The molecule has 6 heteroatoms. The number of benzene rings is 1.